The molecular weight excluding hydrogens is 813 g/mol. The van der Waals surface area contributed by atoms with E-state index in [-0.39, 0.29) is 19.4 Å². The molecule has 1 rings (SSSR count). The van der Waals surface area contributed by atoms with Crippen molar-refractivity contribution in [2.24, 2.45) is 0 Å². The van der Waals surface area contributed by atoms with Gasteiger partial charge in [-0.25, -0.2) is 0 Å². The lowest BCUT2D eigenvalue weighted by Crippen LogP contribution is -2.60. The number of carbonyl (C=O) groups excluding carboxylic acids is 2. The molecule has 0 aromatic rings. The Hall–Kier alpha value is -1.61. The zero-order chi connectivity index (χ0) is 45.5. The molecule has 366 valence electrons. The summed E-state index contributed by atoms with van der Waals surface area (Å²) in [6.07, 6.45) is 34.2. The molecule has 4 N–H and O–H groups in total. The third kappa shape index (κ3) is 33.8. The zero-order valence-corrected chi connectivity index (χ0v) is 40.1. The number of unbranched alkanes of at least 4 members (excludes halogenated alkanes) is 29. The fourth-order valence-electron chi connectivity index (χ4n) is 7.92. The second-order valence-corrected chi connectivity index (χ2v) is 19.3. The third-order valence-electron chi connectivity index (χ3n) is 11.8. The molecule has 1 saturated heterocycles. The second-order valence-electron chi connectivity index (χ2n) is 17.8. The topological polar surface area (TPSA) is 186 Å². The summed E-state index contributed by atoms with van der Waals surface area (Å²) < 4.78 is 54.1. The fourth-order valence-corrected chi connectivity index (χ4v) is 8.61. The molecule has 6 atom stereocenters. The van der Waals surface area contributed by atoms with Crippen molar-refractivity contribution < 1.29 is 56.8 Å². The molecule has 0 saturated carbocycles. The lowest BCUT2D eigenvalue weighted by atomic mass is 10.00. The molecule has 0 aromatic carbocycles. The lowest BCUT2D eigenvalue weighted by Gasteiger charge is -2.40. The number of carbonyl (C=O) groups is 2. The standard InChI is InChI=1S/C49H92O12S/c1-3-5-7-9-11-13-15-16-17-18-19-20-21-22-23-24-25-26-28-30-32-34-36-38-45(51)60-42(39-58-44(50)37-35-33-31-29-27-14-12-10-8-6-4-2)40-59-49-48(54)47(53)46(52)43(61-49)41-62(55,56)57/h30,32,42-43,46-49,52-54H,3-29,31,33-41H2,1-2H3,(H,55,56,57)/b32-30+/t42-,43-,46-,47?,48?,49+/m1/s1. The summed E-state index contributed by atoms with van der Waals surface area (Å²) in [5.41, 5.74) is 0. The number of aliphatic hydroxyl groups is 3. The Bertz CT molecular complexity index is 1200. The first kappa shape index (κ1) is 58.4. The van der Waals surface area contributed by atoms with Gasteiger partial charge in [0.05, 0.1) is 6.61 Å². The van der Waals surface area contributed by atoms with Crippen LogP contribution < -0.4 is 0 Å². The summed E-state index contributed by atoms with van der Waals surface area (Å²) in [6, 6.07) is 0. The molecule has 13 heteroatoms. The monoisotopic (exact) mass is 905 g/mol. The molecule has 1 aliphatic rings. The lowest BCUT2D eigenvalue weighted by molar-refractivity contribution is -0.297. The second kappa shape index (κ2) is 39.7. The van der Waals surface area contributed by atoms with Gasteiger partial charge in [0.1, 0.15) is 36.8 Å². The Balaban J connectivity index is 2.34. The van der Waals surface area contributed by atoms with Gasteiger partial charge in [0.2, 0.25) is 0 Å². The van der Waals surface area contributed by atoms with E-state index in [0.717, 1.165) is 32.1 Å². The molecule has 0 aromatic heterocycles. The quantitative estimate of drug-likeness (QED) is 0.0197. The average molecular weight is 905 g/mol. The van der Waals surface area contributed by atoms with Crippen LogP contribution in [0.25, 0.3) is 0 Å². The molecular formula is C49H92O12S. The van der Waals surface area contributed by atoms with Crippen molar-refractivity contribution in [2.45, 2.75) is 269 Å². The Morgan fingerprint density at radius 2 is 0.935 bits per heavy atom. The average Bonchev–Trinajstić information content (AvgIpc) is 3.24. The van der Waals surface area contributed by atoms with Crippen LogP contribution in [0.2, 0.25) is 0 Å². The number of hydrogen-bond acceptors (Lipinski definition) is 11. The van der Waals surface area contributed by atoms with Crippen LogP contribution in [0.5, 0.6) is 0 Å². The van der Waals surface area contributed by atoms with Gasteiger partial charge in [-0.2, -0.15) is 8.42 Å². The van der Waals surface area contributed by atoms with E-state index in [4.69, 9.17) is 18.9 Å². The van der Waals surface area contributed by atoms with Gasteiger partial charge in [-0.1, -0.05) is 199 Å². The maximum absolute atomic E-state index is 12.8. The fraction of sp³-hybridized carbons (Fsp3) is 0.918. The van der Waals surface area contributed by atoms with Crippen LogP contribution in [0.4, 0.5) is 0 Å². The van der Waals surface area contributed by atoms with Crippen molar-refractivity contribution in [1.29, 1.82) is 0 Å². The molecule has 0 bridgehead atoms. The molecule has 12 nitrogen and oxygen atoms in total. The highest BCUT2D eigenvalue weighted by molar-refractivity contribution is 7.85. The van der Waals surface area contributed by atoms with Crippen molar-refractivity contribution in [3.8, 4) is 0 Å². The number of aliphatic hydroxyl groups excluding tert-OH is 3. The first-order chi connectivity index (χ1) is 30.0. The van der Waals surface area contributed by atoms with Gasteiger partial charge in [-0.15, -0.1) is 0 Å². The minimum Gasteiger partial charge on any atom is -0.462 e. The maximum Gasteiger partial charge on any atom is 0.306 e. The van der Waals surface area contributed by atoms with Crippen LogP contribution in [-0.2, 0) is 38.7 Å². The molecule has 2 unspecified atom stereocenters. The normalized spacial score (nSPS) is 19.9. The minimum absolute atomic E-state index is 0.122. The summed E-state index contributed by atoms with van der Waals surface area (Å²) in [4.78, 5) is 25.4. The van der Waals surface area contributed by atoms with Crippen LogP contribution in [0.1, 0.15) is 232 Å². The van der Waals surface area contributed by atoms with Crippen molar-refractivity contribution in [2.75, 3.05) is 19.0 Å². The summed E-state index contributed by atoms with van der Waals surface area (Å²) in [7, 11) is -4.60. The van der Waals surface area contributed by atoms with Gasteiger partial charge in [0.25, 0.3) is 10.1 Å². The van der Waals surface area contributed by atoms with Crippen LogP contribution in [0, 0.1) is 0 Å². The predicted molar refractivity (Wildman–Crippen MR) is 247 cm³/mol. The van der Waals surface area contributed by atoms with Crippen LogP contribution in [0.3, 0.4) is 0 Å². The first-order valence-electron chi connectivity index (χ1n) is 25.2. The Morgan fingerprint density at radius 3 is 1.39 bits per heavy atom. The minimum atomic E-state index is -4.60. The van der Waals surface area contributed by atoms with E-state index in [1.807, 2.05) is 0 Å². The third-order valence-corrected chi connectivity index (χ3v) is 12.6. The van der Waals surface area contributed by atoms with Crippen molar-refractivity contribution in [3.05, 3.63) is 12.2 Å². The Kier molecular flexibility index (Phi) is 37.4. The van der Waals surface area contributed by atoms with E-state index in [0.29, 0.717) is 19.3 Å². The number of esters is 2. The molecule has 0 radical (unpaired) electrons. The predicted octanol–water partition coefficient (Wildman–Crippen LogP) is 11.0. The van der Waals surface area contributed by atoms with Crippen molar-refractivity contribution >= 4 is 22.1 Å². The van der Waals surface area contributed by atoms with Gasteiger partial charge in [-0.3, -0.25) is 14.1 Å². The van der Waals surface area contributed by atoms with Crippen molar-refractivity contribution in [3.63, 3.8) is 0 Å². The zero-order valence-electron chi connectivity index (χ0n) is 39.2. The highest BCUT2D eigenvalue weighted by Crippen LogP contribution is 2.24. The van der Waals surface area contributed by atoms with Crippen LogP contribution in [-0.4, -0.2) is 96.0 Å². The van der Waals surface area contributed by atoms with Gasteiger partial charge >= 0.3 is 11.9 Å². The molecule has 62 heavy (non-hydrogen) atoms. The SMILES string of the molecule is CCCCCCCCCCCCCCCCCCCC/C=C/CCCC(=O)O[C@H](COC(=O)CCCCCCCCCCCCC)CO[C@H]1O[C@H](CS(=O)(=O)O)[C@@H](O)C(O)C1O. The first-order valence-corrected chi connectivity index (χ1v) is 26.9. The molecule has 1 heterocycles. The summed E-state index contributed by atoms with van der Waals surface area (Å²) in [5.74, 6) is -2.01. The van der Waals surface area contributed by atoms with E-state index in [1.54, 1.807) is 0 Å². The molecule has 0 amide bonds. The number of rotatable bonds is 43. The van der Waals surface area contributed by atoms with E-state index in [2.05, 4.69) is 26.0 Å². The van der Waals surface area contributed by atoms with E-state index >= 15 is 0 Å². The number of hydrogen-bond donors (Lipinski definition) is 4. The summed E-state index contributed by atoms with van der Waals surface area (Å²) >= 11 is 0. The van der Waals surface area contributed by atoms with Gasteiger partial charge in [-0.05, 0) is 32.1 Å². The highest BCUT2D eigenvalue weighted by atomic mass is 32.2. The molecule has 1 aliphatic heterocycles. The highest BCUT2D eigenvalue weighted by Gasteiger charge is 2.46. The molecule has 1 fully saturated rings. The summed E-state index contributed by atoms with van der Waals surface area (Å²) in [6.45, 7) is 3.76. The van der Waals surface area contributed by atoms with Crippen LogP contribution in [0.15, 0.2) is 12.2 Å². The van der Waals surface area contributed by atoms with E-state index < -0.39 is 71.2 Å². The molecule has 0 spiro atoms. The van der Waals surface area contributed by atoms with Gasteiger partial charge < -0.3 is 34.3 Å². The number of allylic oxidation sites excluding steroid dienone is 2. The van der Waals surface area contributed by atoms with E-state index in [9.17, 15) is 37.9 Å². The van der Waals surface area contributed by atoms with E-state index in [1.165, 1.54) is 154 Å². The number of ether oxygens (including phenoxy) is 4. The smallest absolute Gasteiger partial charge is 0.306 e. The van der Waals surface area contributed by atoms with Crippen molar-refractivity contribution in [1.82, 2.24) is 0 Å². The molecule has 0 aliphatic carbocycles. The Morgan fingerprint density at radius 1 is 0.532 bits per heavy atom. The summed E-state index contributed by atoms with van der Waals surface area (Å²) in [5, 5.41) is 30.9. The van der Waals surface area contributed by atoms with Gasteiger partial charge in [0.15, 0.2) is 12.4 Å². The largest absolute Gasteiger partial charge is 0.462 e. The Labute approximate surface area is 377 Å². The van der Waals surface area contributed by atoms with Crippen LogP contribution >= 0.6 is 0 Å². The maximum atomic E-state index is 12.8. The van der Waals surface area contributed by atoms with Gasteiger partial charge in [0, 0.05) is 12.8 Å².